The summed E-state index contributed by atoms with van der Waals surface area (Å²) in [5.74, 6) is 0.500. The number of nitrogens with one attached hydrogen (secondary N) is 1. The Kier molecular flexibility index (Phi) is 5.02. The molecule has 22 heavy (non-hydrogen) atoms. The zero-order valence-corrected chi connectivity index (χ0v) is 13.3. The van der Waals surface area contributed by atoms with Crippen LogP contribution in [0.5, 0.6) is 0 Å². The molecule has 0 aromatic carbocycles. The molecule has 0 aliphatic heterocycles. The third-order valence-corrected chi connectivity index (χ3v) is 3.68. The smallest absolute Gasteiger partial charge is 0.332 e. The van der Waals surface area contributed by atoms with Crippen molar-refractivity contribution in [2.75, 3.05) is 18.5 Å². The number of imidazole rings is 1. The number of hydrogen-bond donors (Lipinski definition) is 2. The van der Waals surface area contributed by atoms with E-state index in [9.17, 15) is 9.59 Å². The first-order valence-corrected chi connectivity index (χ1v) is 7.61. The summed E-state index contributed by atoms with van der Waals surface area (Å²) in [5.41, 5.74) is 0.129. The predicted molar refractivity (Wildman–Crippen MR) is 85.4 cm³/mol. The highest BCUT2D eigenvalue weighted by molar-refractivity contribution is 5.74. The van der Waals surface area contributed by atoms with Gasteiger partial charge < -0.3 is 15.0 Å². The van der Waals surface area contributed by atoms with Crippen molar-refractivity contribution in [3.8, 4) is 0 Å². The molecule has 0 aliphatic rings. The number of aryl methyl sites for hydroxylation is 2. The van der Waals surface area contributed by atoms with Gasteiger partial charge in [-0.25, -0.2) is 4.79 Å². The van der Waals surface area contributed by atoms with Gasteiger partial charge in [-0.1, -0.05) is 13.3 Å². The number of rotatable bonds is 7. The van der Waals surface area contributed by atoms with E-state index >= 15 is 0 Å². The Morgan fingerprint density at radius 3 is 2.55 bits per heavy atom. The minimum absolute atomic E-state index is 0.0342. The van der Waals surface area contributed by atoms with E-state index in [4.69, 9.17) is 5.11 Å². The molecule has 8 nitrogen and oxygen atoms in total. The Morgan fingerprint density at radius 1 is 1.23 bits per heavy atom. The van der Waals surface area contributed by atoms with E-state index in [1.165, 1.54) is 7.05 Å². The summed E-state index contributed by atoms with van der Waals surface area (Å²) in [4.78, 5) is 29.2. The van der Waals surface area contributed by atoms with Crippen molar-refractivity contribution in [2.45, 2.75) is 39.8 Å². The van der Waals surface area contributed by atoms with E-state index in [0.717, 1.165) is 17.4 Å². The molecule has 0 bridgehead atoms. The number of aliphatic hydroxyl groups excluding tert-OH is 1. The van der Waals surface area contributed by atoms with Crippen LogP contribution in [0.3, 0.4) is 0 Å². The van der Waals surface area contributed by atoms with Gasteiger partial charge in [0.05, 0.1) is 6.61 Å². The van der Waals surface area contributed by atoms with Crippen molar-refractivity contribution in [1.29, 1.82) is 0 Å². The molecular formula is C14H23N5O3. The molecule has 0 saturated carbocycles. The maximum atomic E-state index is 12.5. The minimum atomic E-state index is -0.348. The number of aliphatic hydroxyl groups is 1. The van der Waals surface area contributed by atoms with Crippen molar-refractivity contribution in [2.24, 2.45) is 7.05 Å². The fourth-order valence-electron chi connectivity index (χ4n) is 2.49. The second kappa shape index (κ2) is 6.78. The summed E-state index contributed by atoms with van der Waals surface area (Å²) in [5, 5.41) is 12.0. The summed E-state index contributed by atoms with van der Waals surface area (Å²) in [6, 6.07) is 0. The third-order valence-electron chi connectivity index (χ3n) is 3.68. The summed E-state index contributed by atoms with van der Waals surface area (Å²) < 4.78 is 4.42. The molecule has 0 spiro atoms. The van der Waals surface area contributed by atoms with Gasteiger partial charge in [-0.05, 0) is 13.3 Å². The Bertz CT molecular complexity index is 771. The predicted octanol–water partition coefficient (Wildman–Crippen LogP) is 0.121. The highest BCUT2D eigenvalue weighted by Gasteiger charge is 2.19. The minimum Gasteiger partial charge on any atom is -0.395 e. The van der Waals surface area contributed by atoms with Crippen LogP contribution in [0, 0.1) is 0 Å². The van der Waals surface area contributed by atoms with Crippen molar-refractivity contribution >= 4 is 17.1 Å². The molecule has 2 N–H and O–H groups in total. The molecule has 2 rings (SSSR count). The number of hydrogen-bond acceptors (Lipinski definition) is 5. The van der Waals surface area contributed by atoms with Crippen LogP contribution in [0.1, 0.15) is 26.7 Å². The Hall–Kier alpha value is -2.09. The highest BCUT2D eigenvalue weighted by atomic mass is 16.3. The number of nitrogens with zero attached hydrogens (tertiary/aromatic N) is 4. The molecule has 2 aromatic heterocycles. The van der Waals surface area contributed by atoms with Gasteiger partial charge >= 0.3 is 5.69 Å². The summed E-state index contributed by atoms with van der Waals surface area (Å²) in [6.07, 6.45) is 1.78. The standard InChI is InChI=1S/C14H23N5O3/c1-4-6-8-19-11-10(12(21)17(3)14(19)22)18(5-2)13(16-11)15-7-9-20/h20H,4-9H2,1-3H3,(H,15,16). The normalized spacial score (nSPS) is 11.3. The fraction of sp³-hybridized carbons (Fsp3) is 0.643. The van der Waals surface area contributed by atoms with Crippen LogP contribution in [-0.2, 0) is 20.1 Å². The molecule has 0 fully saturated rings. The second-order valence-corrected chi connectivity index (χ2v) is 5.15. The van der Waals surface area contributed by atoms with Gasteiger partial charge in [0.25, 0.3) is 5.56 Å². The average molecular weight is 309 g/mol. The second-order valence-electron chi connectivity index (χ2n) is 5.15. The lowest BCUT2D eigenvalue weighted by molar-refractivity contribution is 0.310. The van der Waals surface area contributed by atoms with E-state index in [1.807, 2.05) is 13.8 Å². The summed E-state index contributed by atoms with van der Waals surface area (Å²) in [7, 11) is 1.49. The summed E-state index contributed by atoms with van der Waals surface area (Å²) >= 11 is 0. The van der Waals surface area contributed by atoms with Gasteiger partial charge in [-0.2, -0.15) is 4.98 Å². The van der Waals surface area contributed by atoms with Gasteiger partial charge in [0.2, 0.25) is 5.95 Å². The lowest BCUT2D eigenvalue weighted by atomic mass is 10.3. The van der Waals surface area contributed by atoms with E-state index in [0.29, 0.717) is 36.7 Å². The lowest BCUT2D eigenvalue weighted by Gasteiger charge is -2.09. The van der Waals surface area contributed by atoms with Crippen LogP contribution in [0.4, 0.5) is 5.95 Å². The SMILES string of the molecule is CCCCn1c(=O)n(C)c(=O)c2c1nc(NCCO)n2CC. The summed E-state index contributed by atoms with van der Waals surface area (Å²) in [6.45, 7) is 5.33. The van der Waals surface area contributed by atoms with E-state index in [-0.39, 0.29) is 17.9 Å². The largest absolute Gasteiger partial charge is 0.395 e. The zero-order valence-electron chi connectivity index (χ0n) is 13.3. The van der Waals surface area contributed by atoms with Crippen LogP contribution in [0.25, 0.3) is 11.2 Å². The first-order valence-electron chi connectivity index (χ1n) is 7.61. The van der Waals surface area contributed by atoms with E-state index in [1.54, 1.807) is 9.13 Å². The Balaban J connectivity index is 2.76. The van der Waals surface area contributed by atoms with Crippen LogP contribution in [0.2, 0.25) is 0 Å². The molecule has 0 amide bonds. The van der Waals surface area contributed by atoms with E-state index in [2.05, 4.69) is 10.3 Å². The van der Waals surface area contributed by atoms with Crippen molar-refractivity contribution < 1.29 is 5.11 Å². The molecule has 122 valence electrons. The van der Waals surface area contributed by atoms with Gasteiger partial charge in [0, 0.05) is 26.7 Å². The average Bonchev–Trinajstić information content (AvgIpc) is 2.89. The number of fused-ring (bicyclic) bond motifs is 1. The number of aromatic nitrogens is 4. The molecule has 0 radical (unpaired) electrons. The molecule has 2 aromatic rings. The first kappa shape index (κ1) is 16.3. The van der Waals surface area contributed by atoms with Gasteiger partial charge in [0.15, 0.2) is 11.2 Å². The molecule has 2 heterocycles. The molecule has 0 unspecified atom stereocenters. The van der Waals surface area contributed by atoms with Gasteiger partial charge in [0.1, 0.15) is 0 Å². The Labute approximate surface area is 128 Å². The zero-order chi connectivity index (χ0) is 16.3. The molecule has 8 heteroatoms. The van der Waals surface area contributed by atoms with Crippen LogP contribution in [0.15, 0.2) is 9.59 Å². The number of unbranched alkanes of at least 4 members (excludes halogenated alkanes) is 1. The Morgan fingerprint density at radius 2 is 1.95 bits per heavy atom. The van der Waals surface area contributed by atoms with Gasteiger partial charge in [-0.3, -0.25) is 13.9 Å². The first-order chi connectivity index (χ1) is 10.6. The molecule has 0 atom stereocenters. The van der Waals surface area contributed by atoms with Crippen molar-refractivity contribution in [1.82, 2.24) is 18.7 Å². The van der Waals surface area contributed by atoms with Crippen molar-refractivity contribution in [3.05, 3.63) is 20.8 Å². The third kappa shape index (κ3) is 2.66. The number of anilines is 1. The quantitative estimate of drug-likeness (QED) is 0.758. The molecular weight excluding hydrogens is 286 g/mol. The molecule has 0 aliphatic carbocycles. The lowest BCUT2D eigenvalue weighted by Crippen LogP contribution is -2.38. The van der Waals surface area contributed by atoms with Crippen molar-refractivity contribution in [3.63, 3.8) is 0 Å². The fourth-order valence-corrected chi connectivity index (χ4v) is 2.49. The maximum absolute atomic E-state index is 12.5. The van der Waals surface area contributed by atoms with Crippen LogP contribution in [-0.4, -0.2) is 36.9 Å². The van der Waals surface area contributed by atoms with Gasteiger partial charge in [-0.15, -0.1) is 0 Å². The van der Waals surface area contributed by atoms with Crippen LogP contribution < -0.4 is 16.6 Å². The highest BCUT2D eigenvalue weighted by Crippen LogP contribution is 2.16. The van der Waals surface area contributed by atoms with E-state index < -0.39 is 0 Å². The monoisotopic (exact) mass is 309 g/mol. The molecule has 0 saturated heterocycles. The maximum Gasteiger partial charge on any atom is 0.332 e. The topological polar surface area (TPSA) is 94.1 Å². The van der Waals surface area contributed by atoms with Crippen LogP contribution >= 0.6 is 0 Å².